The molecule has 1 atom stereocenters. The highest BCUT2D eigenvalue weighted by molar-refractivity contribution is 6.30. The number of hydrogen-bond donors (Lipinski definition) is 2. The minimum Gasteiger partial charge on any atom is -0.360 e. The Labute approximate surface area is 175 Å². The number of carbonyl (C=O) groups is 2. The predicted octanol–water partition coefficient (Wildman–Crippen LogP) is 1.90. The van der Waals surface area contributed by atoms with E-state index in [4.69, 9.17) is 16.1 Å². The van der Waals surface area contributed by atoms with Crippen LogP contribution in [0.15, 0.2) is 34.9 Å². The maximum absolute atomic E-state index is 12.5. The second-order valence-corrected chi connectivity index (χ2v) is 7.64. The van der Waals surface area contributed by atoms with Crippen LogP contribution in [0.4, 0.5) is 5.82 Å². The average molecular weight is 420 g/mol. The third-order valence-corrected chi connectivity index (χ3v) is 5.23. The van der Waals surface area contributed by atoms with Gasteiger partial charge in [0.2, 0.25) is 11.8 Å². The standard InChI is InChI=1S/C20H26ClN5O3/c1-14-11-18(24-29-14)23-19(27)13-25-7-9-26(10-8-25)15(2)20(28)22-12-16-3-5-17(21)6-4-16/h3-6,11,15H,7-10,12-13H2,1-2H3,(H,22,28)(H,23,24,27). The first-order valence-corrected chi connectivity index (χ1v) is 10.0. The van der Waals surface area contributed by atoms with Crippen molar-refractivity contribution in [2.45, 2.75) is 26.4 Å². The molecule has 0 saturated carbocycles. The van der Waals surface area contributed by atoms with E-state index in [0.717, 1.165) is 31.7 Å². The maximum Gasteiger partial charge on any atom is 0.239 e. The molecular formula is C20H26ClN5O3. The van der Waals surface area contributed by atoms with Gasteiger partial charge < -0.3 is 15.2 Å². The highest BCUT2D eigenvalue weighted by Gasteiger charge is 2.26. The Morgan fingerprint density at radius 1 is 1.21 bits per heavy atom. The third-order valence-electron chi connectivity index (χ3n) is 4.98. The third kappa shape index (κ3) is 6.28. The van der Waals surface area contributed by atoms with Gasteiger partial charge in [-0.2, -0.15) is 0 Å². The summed E-state index contributed by atoms with van der Waals surface area (Å²) in [6.07, 6.45) is 0. The van der Waals surface area contributed by atoms with Crippen molar-refractivity contribution in [3.63, 3.8) is 0 Å². The molecular weight excluding hydrogens is 394 g/mol. The first-order chi connectivity index (χ1) is 13.9. The molecule has 0 radical (unpaired) electrons. The first-order valence-electron chi connectivity index (χ1n) is 9.62. The number of aryl methyl sites for hydroxylation is 1. The molecule has 1 aliphatic heterocycles. The van der Waals surface area contributed by atoms with Crippen LogP contribution in [0.25, 0.3) is 0 Å². The van der Waals surface area contributed by atoms with E-state index in [1.165, 1.54) is 0 Å². The molecule has 1 aromatic carbocycles. The number of piperazine rings is 1. The highest BCUT2D eigenvalue weighted by Crippen LogP contribution is 2.11. The van der Waals surface area contributed by atoms with E-state index in [1.807, 2.05) is 31.2 Å². The zero-order chi connectivity index (χ0) is 20.8. The van der Waals surface area contributed by atoms with Crippen LogP contribution in [0.1, 0.15) is 18.2 Å². The quantitative estimate of drug-likeness (QED) is 0.712. The molecule has 3 rings (SSSR count). The van der Waals surface area contributed by atoms with E-state index in [2.05, 4.69) is 25.6 Å². The maximum atomic E-state index is 12.5. The molecule has 1 saturated heterocycles. The summed E-state index contributed by atoms with van der Waals surface area (Å²) in [5.74, 6) is 0.947. The van der Waals surface area contributed by atoms with Crippen molar-refractivity contribution < 1.29 is 14.1 Å². The Morgan fingerprint density at radius 3 is 2.52 bits per heavy atom. The summed E-state index contributed by atoms with van der Waals surface area (Å²) in [5, 5.41) is 10.1. The number of benzene rings is 1. The minimum absolute atomic E-state index is 0.00690. The summed E-state index contributed by atoms with van der Waals surface area (Å²) in [6.45, 7) is 7.35. The molecule has 2 aromatic rings. The van der Waals surface area contributed by atoms with Crippen LogP contribution in [0.5, 0.6) is 0 Å². The molecule has 29 heavy (non-hydrogen) atoms. The number of anilines is 1. The largest absolute Gasteiger partial charge is 0.360 e. The molecule has 2 N–H and O–H groups in total. The van der Waals surface area contributed by atoms with E-state index in [9.17, 15) is 9.59 Å². The van der Waals surface area contributed by atoms with Crippen LogP contribution in [0, 0.1) is 6.92 Å². The highest BCUT2D eigenvalue weighted by atomic mass is 35.5. The Morgan fingerprint density at radius 2 is 1.90 bits per heavy atom. The van der Waals surface area contributed by atoms with Crippen LogP contribution >= 0.6 is 11.6 Å². The lowest BCUT2D eigenvalue weighted by molar-refractivity contribution is -0.127. The van der Waals surface area contributed by atoms with Crippen molar-refractivity contribution in [2.24, 2.45) is 0 Å². The number of halogens is 1. The second kappa shape index (κ2) is 9.87. The van der Waals surface area contributed by atoms with Gasteiger partial charge in [0.1, 0.15) is 5.76 Å². The molecule has 0 aliphatic carbocycles. The van der Waals surface area contributed by atoms with E-state index in [-0.39, 0.29) is 24.4 Å². The average Bonchev–Trinajstić information content (AvgIpc) is 3.11. The topological polar surface area (TPSA) is 90.7 Å². The minimum atomic E-state index is -0.226. The lowest BCUT2D eigenvalue weighted by atomic mass is 10.2. The first kappa shape index (κ1) is 21.3. The number of amides is 2. The SMILES string of the molecule is Cc1cc(NC(=O)CN2CCN(C(C)C(=O)NCc3ccc(Cl)cc3)CC2)no1. The molecule has 1 aliphatic rings. The van der Waals surface area contributed by atoms with Gasteiger partial charge in [0, 0.05) is 43.8 Å². The molecule has 2 amide bonds. The van der Waals surface area contributed by atoms with Crippen molar-refractivity contribution in [3.8, 4) is 0 Å². The Hall–Kier alpha value is -2.42. The predicted molar refractivity (Wildman–Crippen MR) is 111 cm³/mol. The summed E-state index contributed by atoms with van der Waals surface area (Å²) in [5.41, 5.74) is 1.01. The summed E-state index contributed by atoms with van der Waals surface area (Å²) < 4.78 is 4.94. The number of hydrogen-bond acceptors (Lipinski definition) is 6. The number of nitrogens with one attached hydrogen (secondary N) is 2. The summed E-state index contributed by atoms with van der Waals surface area (Å²) in [6, 6.07) is 8.88. The monoisotopic (exact) mass is 419 g/mol. The van der Waals surface area contributed by atoms with E-state index in [0.29, 0.717) is 23.1 Å². The van der Waals surface area contributed by atoms with Crippen LogP contribution in [-0.4, -0.2) is 65.5 Å². The van der Waals surface area contributed by atoms with Crippen molar-refractivity contribution in [1.82, 2.24) is 20.3 Å². The van der Waals surface area contributed by atoms with Crippen LogP contribution in [0.2, 0.25) is 5.02 Å². The second-order valence-electron chi connectivity index (χ2n) is 7.20. The van der Waals surface area contributed by atoms with E-state index in [1.54, 1.807) is 13.0 Å². The molecule has 8 nitrogen and oxygen atoms in total. The van der Waals surface area contributed by atoms with Gasteiger partial charge in [-0.05, 0) is 31.5 Å². The van der Waals surface area contributed by atoms with Gasteiger partial charge >= 0.3 is 0 Å². The van der Waals surface area contributed by atoms with Crippen molar-refractivity contribution in [2.75, 3.05) is 38.0 Å². The lowest BCUT2D eigenvalue weighted by Gasteiger charge is -2.37. The van der Waals surface area contributed by atoms with Crippen molar-refractivity contribution in [3.05, 3.63) is 46.7 Å². The molecule has 1 aromatic heterocycles. The Bertz CT molecular complexity index is 831. The number of aromatic nitrogens is 1. The summed E-state index contributed by atoms with van der Waals surface area (Å²) in [7, 11) is 0. The van der Waals surface area contributed by atoms with Crippen LogP contribution in [-0.2, 0) is 16.1 Å². The number of carbonyl (C=O) groups excluding carboxylic acids is 2. The fourth-order valence-corrected chi connectivity index (χ4v) is 3.35. The normalized spacial score (nSPS) is 16.4. The molecule has 2 heterocycles. The zero-order valence-electron chi connectivity index (χ0n) is 16.7. The van der Waals surface area contributed by atoms with Crippen molar-refractivity contribution in [1.29, 1.82) is 0 Å². The number of rotatable bonds is 7. The van der Waals surface area contributed by atoms with Gasteiger partial charge in [-0.3, -0.25) is 19.4 Å². The molecule has 1 fully saturated rings. The van der Waals surface area contributed by atoms with Gasteiger partial charge in [-0.15, -0.1) is 0 Å². The Kier molecular flexibility index (Phi) is 7.24. The van der Waals surface area contributed by atoms with Gasteiger partial charge in [-0.1, -0.05) is 28.9 Å². The zero-order valence-corrected chi connectivity index (χ0v) is 17.4. The van der Waals surface area contributed by atoms with Gasteiger partial charge in [0.25, 0.3) is 0 Å². The van der Waals surface area contributed by atoms with Gasteiger partial charge in [-0.25, -0.2) is 0 Å². The van der Waals surface area contributed by atoms with E-state index >= 15 is 0 Å². The van der Waals surface area contributed by atoms with E-state index < -0.39 is 0 Å². The summed E-state index contributed by atoms with van der Waals surface area (Å²) in [4.78, 5) is 28.8. The molecule has 0 spiro atoms. The van der Waals surface area contributed by atoms with Gasteiger partial charge in [0.15, 0.2) is 5.82 Å². The fourth-order valence-electron chi connectivity index (χ4n) is 3.22. The van der Waals surface area contributed by atoms with Crippen LogP contribution in [0.3, 0.4) is 0 Å². The Balaban J connectivity index is 1.39. The van der Waals surface area contributed by atoms with Crippen LogP contribution < -0.4 is 10.6 Å². The van der Waals surface area contributed by atoms with Crippen molar-refractivity contribution >= 4 is 29.2 Å². The molecule has 156 valence electrons. The summed E-state index contributed by atoms with van der Waals surface area (Å²) >= 11 is 5.88. The molecule has 9 heteroatoms. The lowest BCUT2D eigenvalue weighted by Crippen LogP contribution is -2.54. The molecule has 1 unspecified atom stereocenters. The number of nitrogens with zero attached hydrogens (tertiary/aromatic N) is 3. The smallest absolute Gasteiger partial charge is 0.239 e. The fraction of sp³-hybridized carbons (Fsp3) is 0.450. The van der Waals surface area contributed by atoms with Gasteiger partial charge in [0.05, 0.1) is 12.6 Å². The molecule has 0 bridgehead atoms.